The summed E-state index contributed by atoms with van der Waals surface area (Å²) in [5.74, 6) is 0.496. The fraction of sp³-hybridized carbons (Fsp3) is 0.571. The van der Waals surface area contributed by atoms with Gasteiger partial charge in [-0.05, 0) is 56.5 Å². The molecule has 0 amide bonds. The first-order chi connectivity index (χ1) is 9.46. The molecule has 1 atom stereocenters. The minimum Gasteiger partial charge on any atom is -0.317 e. The number of halogens is 1. The van der Waals surface area contributed by atoms with Crippen molar-refractivity contribution in [2.75, 3.05) is 18.8 Å². The van der Waals surface area contributed by atoms with Crippen LogP contribution in [0.2, 0.25) is 0 Å². The summed E-state index contributed by atoms with van der Waals surface area (Å²) < 4.78 is 28.2. The monoisotopic (exact) mass is 360 g/mol. The number of benzene rings is 1. The van der Waals surface area contributed by atoms with Gasteiger partial charge in [-0.3, -0.25) is 0 Å². The smallest absolute Gasteiger partial charge is 0.212 e. The molecular formula is C14H21BrN2O2S. The van der Waals surface area contributed by atoms with Crippen molar-refractivity contribution < 1.29 is 8.42 Å². The van der Waals surface area contributed by atoms with Crippen molar-refractivity contribution in [3.63, 3.8) is 0 Å². The number of hydrogen-bond donors (Lipinski definition) is 2. The third kappa shape index (κ3) is 4.84. The van der Waals surface area contributed by atoms with Gasteiger partial charge in [-0.2, -0.15) is 0 Å². The molecule has 1 unspecified atom stereocenters. The fourth-order valence-corrected chi connectivity index (χ4v) is 4.66. The summed E-state index contributed by atoms with van der Waals surface area (Å²) in [4.78, 5) is 0. The summed E-state index contributed by atoms with van der Waals surface area (Å²) in [5.41, 5.74) is 0.966. The van der Waals surface area contributed by atoms with Gasteiger partial charge in [0.15, 0.2) is 0 Å². The minimum absolute atomic E-state index is 0.209. The predicted molar refractivity (Wildman–Crippen MR) is 85.1 cm³/mol. The Balaban J connectivity index is 1.96. The van der Waals surface area contributed by atoms with Crippen LogP contribution in [0.4, 0.5) is 0 Å². The van der Waals surface area contributed by atoms with E-state index in [9.17, 15) is 8.42 Å². The highest BCUT2D eigenvalue weighted by atomic mass is 79.9. The normalized spacial score (nSPS) is 18.9. The molecule has 1 aromatic carbocycles. The van der Waals surface area contributed by atoms with Gasteiger partial charge in [0.25, 0.3) is 0 Å². The second-order valence-corrected chi connectivity index (χ2v) is 8.08. The standard InChI is InChI=1S/C14H21BrN2O2S/c1-11(13-3-2-4-14(15)9-13)17-20(18,19)10-12-5-7-16-8-6-12/h2-4,9,11-12,16-17H,5-8,10H2,1H3. The van der Waals surface area contributed by atoms with E-state index in [-0.39, 0.29) is 17.7 Å². The van der Waals surface area contributed by atoms with Gasteiger partial charge in [0.05, 0.1) is 5.75 Å². The van der Waals surface area contributed by atoms with E-state index in [0.29, 0.717) is 0 Å². The van der Waals surface area contributed by atoms with Gasteiger partial charge in [0, 0.05) is 10.5 Å². The Morgan fingerprint density at radius 2 is 2.10 bits per heavy atom. The molecule has 0 bridgehead atoms. The van der Waals surface area contributed by atoms with Gasteiger partial charge in [0.2, 0.25) is 10.0 Å². The molecule has 1 aliphatic rings. The van der Waals surface area contributed by atoms with Crippen LogP contribution in [0.3, 0.4) is 0 Å². The van der Waals surface area contributed by atoms with Crippen molar-refractivity contribution >= 4 is 26.0 Å². The minimum atomic E-state index is -3.23. The Kier molecular flexibility index (Phi) is 5.60. The Labute approximate surface area is 129 Å². The van der Waals surface area contributed by atoms with Crippen LogP contribution >= 0.6 is 15.9 Å². The van der Waals surface area contributed by atoms with Crippen molar-refractivity contribution in [1.29, 1.82) is 0 Å². The summed E-state index contributed by atoms with van der Waals surface area (Å²) in [7, 11) is -3.23. The molecule has 0 saturated carbocycles. The Morgan fingerprint density at radius 1 is 1.40 bits per heavy atom. The number of sulfonamides is 1. The SMILES string of the molecule is CC(NS(=O)(=O)CC1CCNCC1)c1cccc(Br)c1. The number of rotatable bonds is 5. The molecule has 1 aromatic rings. The lowest BCUT2D eigenvalue weighted by Gasteiger charge is -2.23. The van der Waals surface area contributed by atoms with Crippen molar-refractivity contribution in [1.82, 2.24) is 10.0 Å². The van der Waals surface area contributed by atoms with Crippen LogP contribution in [-0.2, 0) is 10.0 Å². The van der Waals surface area contributed by atoms with Crippen LogP contribution in [0.25, 0.3) is 0 Å². The van der Waals surface area contributed by atoms with E-state index in [4.69, 9.17) is 0 Å². The van der Waals surface area contributed by atoms with Crippen molar-refractivity contribution in [2.45, 2.75) is 25.8 Å². The molecule has 1 fully saturated rings. The van der Waals surface area contributed by atoms with Crippen LogP contribution in [0.1, 0.15) is 31.4 Å². The topological polar surface area (TPSA) is 58.2 Å². The molecule has 2 rings (SSSR count). The fourth-order valence-electron chi connectivity index (χ4n) is 2.52. The summed E-state index contributed by atoms with van der Waals surface area (Å²) in [6.45, 7) is 3.71. The predicted octanol–water partition coefficient (Wildman–Crippen LogP) is 2.43. The average Bonchev–Trinajstić information content (AvgIpc) is 2.38. The first-order valence-electron chi connectivity index (χ1n) is 6.92. The van der Waals surface area contributed by atoms with Crippen molar-refractivity contribution in [3.05, 3.63) is 34.3 Å². The van der Waals surface area contributed by atoms with Crippen molar-refractivity contribution in [3.8, 4) is 0 Å². The van der Waals surface area contributed by atoms with Gasteiger partial charge in [-0.1, -0.05) is 28.1 Å². The molecule has 4 nitrogen and oxygen atoms in total. The second kappa shape index (κ2) is 7.02. The lowest BCUT2D eigenvalue weighted by Crippen LogP contribution is -2.36. The molecule has 0 radical (unpaired) electrons. The van der Waals surface area contributed by atoms with Gasteiger partial charge in [-0.25, -0.2) is 13.1 Å². The van der Waals surface area contributed by atoms with Crippen LogP contribution in [0.15, 0.2) is 28.7 Å². The first kappa shape index (κ1) is 15.9. The molecule has 2 N–H and O–H groups in total. The summed E-state index contributed by atoms with van der Waals surface area (Å²) in [6.07, 6.45) is 1.87. The van der Waals surface area contributed by atoms with Gasteiger partial charge in [-0.15, -0.1) is 0 Å². The Morgan fingerprint density at radius 3 is 2.75 bits per heavy atom. The first-order valence-corrected chi connectivity index (χ1v) is 9.37. The molecule has 1 aliphatic heterocycles. The largest absolute Gasteiger partial charge is 0.317 e. The summed E-state index contributed by atoms with van der Waals surface area (Å²) in [6, 6.07) is 7.51. The third-order valence-corrected chi connectivity index (χ3v) is 5.74. The lowest BCUT2D eigenvalue weighted by atomic mass is 10.0. The van der Waals surface area contributed by atoms with E-state index >= 15 is 0 Å². The molecule has 0 aromatic heterocycles. The van der Waals surface area contributed by atoms with Gasteiger partial charge >= 0.3 is 0 Å². The van der Waals surface area contributed by atoms with E-state index < -0.39 is 10.0 Å². The van der Waals surface area contributed by atoms with Crippen LogP contribution in [0.5, 0.6) is 0 Å². The maximum atomic E-state index is 12.2. The van der Waals surface area contributed by atoms with E-state index in [1.807, 2.05) is 31.2 Å². The summed E-state index contributed by atoms with van der Waals surface area (Å²) in [5, 5.41) is 3.25. The highest BCUT2D eigenvalue weighted by Crippen LogP contribution is 2.20. The Hall–Kier alpha value is -0.430. The van der Waals surface area contributed by atoms with E-state index in [1.165, 1.54) is 0 Å². The molecule has 6 heteroatoms. The Bertz CT molecular complexity index is 542. The number of hydrogen-bond acceptors (Lipinski definition) is 3. The van der Waals surface area contributed by atoms with Crippen LogP contribution in [-0.4, -0.2) is 27.3 Å². The molecule has 0 aliphatic carbocycles. The van der Waals surface area contributed by atoms with E-state index in [0.717, 1.165) is 36.0 Å². The molecule has 1 saturated heterocycles. The maximum Gasteiger partial charge on any atom is 0.212 e. The third-order valence-electron chi connectivity index (χ3n) is 3.62. The zero-order chi connectivity index (χ0) is 14.6. The van der Waals surface area contributed by atoms with Crippen molar-refractivity contribution in [2.24, 2.45) is 5.92 Å². The molecule has 20 heavy (non-hydrogen) atoms. The lowest BCUT2D eigenvalue weighted by molar-refractivity contribution is 0.399. The van der Waals surface area contributed by atoms with E-state index in [2.05, 4.69) is 26.0 Å². The van der Waals surface area contributed by atoms with Gasteiger partial charge in [0.1, 0.15) is 0 Å². The number of piperidine rings is 1. The summed E-state index contributed by atoms with van der Waals surface area (Å²) >= 11 is 3.41. The zero-order valence-electron chi connectivity index (χ0n) is 11.6. The van der Waals surface area contributed by atoms with Crippen LogP contribution < -0.4 is 10.0 Å². The van der Waals surface area contributed by atoms with E-state index in [1.54, 1.807) is 0 Å². The second-order valence-electron chi connectivity index (χ2n) is 5.37. The molecule has 0 spiro atoms. The van der Waals surface area contributed by atoms with Gasteiger partial charge < -0.3 is 5.32 Å². The zero-order valence-corrected chi connectivity index (χ0v) is 14.0. The van der Waals surface area contributed by atoms with Crippen LogP contribution in [0, 0.1) is 5.92 Å². The average molecular weight is 361 g/mol. The molecular weight excluding hydrogens is 340 g/mol. The molecule has 112 valence electrons. The quantitative estimate of drug-likeness (QED) is 0.847. The highest BCUT2D eigenvalue weighted by molar-refractivity contribution is 9.10. The maximum absolute atomic E-state index is 12.2. The molecule has 1 heterocycles. The highest BCUT2D eigenvalue weighted by Gasteiger charge is 2.23. The number of nitrogens with one attached hydrogen (secondary N) is 2.